The third-order valence-corrected chi connectivity index (χ3v) is 3.84. The van der Waals surface area contributed by atoms with Crippen molar-refractivity contribution in [3.05, 3.63) is 45.9 Å². The standard InChI is InChI=1S/C13H14N2OS/c1-14-7-10-8-17-13(15-10)12-6-9-4-2-3-5-11(9)16-12/h2-5,8,12,14H,6-7H2,1H3. The van der Waals surface area contributed by atoms with Crippen LogP contribution < -0.4 is 10.1 Å². The van der Waals surface area contributed by atoms with E-state index < -0.39 is 0 Å². The summed E-state index contributed by atoms with van der Waals surface area (Å²) >= 11 is 1.68. The average molecular weight is 246 g/mol. The zero-order valence-corrected chi connectivity index (χ0v) is 10.5. The molecule has 1 aliphatic heterocycles. The SMILES string of the molecule is CNCc1csc(C2Cc3ccccc3O2)n1. The zero-order valence-electron chi connectivity index (χ0n) is 9.64. The van der Waals surface area contributed by atoms with E-state index in [1.165, 1.54) is 5.56 Å². The van der Waals surface area contributed by atoms with Crippen molar-refractivity contribution in [2.75, 3.05) is 7.05 Å². The van der Waals surface area contributed by atoms with Crippen LogP contribution in [0.5, 0.6) is 5.75 Å². The Balaban J connectivity index is 1.79. The molecule has 2 aromatic rings. The number of rotatable bonds is 3. The molecule has 0 radical (unpaired) electrons. The number of para-hydroxylation sites is 1. The van der Waals surface area contributed by atoms with Gasteiger partial charge < -0.3 is 10.1 Å². The van der Waals surface area contributed by atoms with Crippen LogP contribution in [-0.2, 0) is 13.0 Å². The van der Waals surface area contributed by atoms with E-state index in [9.17, 15) is 0 Å². The zero-order chi connectivity index (χ0) is 11.7. The lowest BCUT2D eigenvalue weighted by molar-refractivity contribution is 0.238. The lowest BCUT2D eigenvalue weighted by Gasteiger charge is -2.06. The van der Waals surface area contributed by atoms with Crippen molar-refractivity contribution in [1.29, 1.82) is 0 Å². The molecule has 17 heavy (non-hydrogen) atoms. The first-order valence-corrected chi connectivity index (χ1v) is 6.58. The molecule has 0 fully saturated rings. The Labute approximate surface area is 104 Å². The Morgan fingerprint density at radius 3 is 3.18 bits per heavy atom. The van der Waals surface area contributed by atoms with Crippen molar-refractivity contribution in [3.63, 3.8) is 0 Å². The molecule has 4 heteroatoms. The van der Waals surface area contributed by atoms with E-state index in [-0.39, 0.29) is 6.10 Å². The molecule has 3 rings (SSSR count). The van der Waals surface area contributed by atoms with Crippen molar-refractivity contribution in [2.45, 2.75) is 19.1 Å². The molecule has 1 N–H and O–H groups in total. The number of ether oxygens (including phenoxy) is 1. The second kappa shape index (κ2) is 4.47. The number of fused-ring (bicyclic) bond motifs is 1. The quantitative estimate of drug-likeness (QED) is 0.903. The lowest BCUT2D eigenvalue weighted by Crippen LogP contribution is -2.07. The molecule has 1 aromatic heterocycles. The van der Waals surface area contributed by atoms with Crippen LogP contribution in [0.1, 0.15) is 22.4 Å². The summed E-state index contributed by atoms with van der Waals surface area (Å²) in [5.41, 5.74) is 2.37. The third-order valence-electron chi connectivity index (χ3n) is 2.85. The third kappa shape index (κ3) is 2.06. The average Bonchev–Trinajstić information content (AvgIpc) is 2.94. The van der Waals surface area contributed by atoms with Crippen LogP contribution in [0.4, 0.5) is 0 Å². The van der Waals surface area contributed by atoms with Crippen LogP contribution in [-0.4, -0.2) is 12.0 Å². The van der Waals surface area contributed by atoms with Crippen molar-refractivity contribution >= 4 is 11.3 Å². The molecule has 1 aliphatic rings. The minimum atomic E-state index is 0.100. The van der Waals surface area contributed by atoms with Crippen molar-refractivity contribution in [2.24, 2.45) is 0 Å². The fraction of sp³-hybridized carbons (Fsp3) is 0.308. The molecule has 0 spiro atoms. The smallest absolute Gasteiger partial charge is 0.154 e. The van der Waals surface area contributed by atoms with Gasteiger partial charge in [-0.25, -0.2) is 4.98 Å². The van der Waals surface area contributed by atoms with Crippen LogP contribution in [0, 0.1) is 0 Å². The Hall–Kier alpha value is -1.39. The second-order valence-corrected chi connectivity index (χ2v) is 5.02. The maximum Gasteiger partial charge on any atom is 0.154 e. The summed E-state index contributed by atoms with van der Waals surface area (Å²) in [6, 6.07) is 8.21. The summed E-state index contributed by atoms with van der Waals surface area (Å²) < 4.78 is 5.91. The molecule has 88 valence electrons. The van der Waals surface area contributed by atoms with Crippen LogP contribution in [0.3, 0.4) is 0 Å². The summed E-state index contributed by atoms with van der Waals surface area (Å²) in [5, 5.41) is 6.28. The van der Waals surface area contributed by atoms with Crippen LogP contribution in [0.25, 0.3) is 0 Å². The number of nitrogens with zero attached hydrogens (tertiary/aromatic N) is 1. The van der Waals surface area contributed by atoms with Crippen molar-refractivity contribution in [1.82, 2.24) is 10.3 Å². The molecule has 0 amide bonds. The highest BCUT2D eigenvalue weighted by atomic mass is 32.1. The van der Waals surface area contributed by atoms with Crippen molar-refractivity contribution < 1.29 is 4.74 Å². The number of aromatic nitrogens is 1. The number of nitrogens with one attached hydrogen (secondary N) is 1. The van der Waals surface area contributed by atoms with Crippen LogP contribution >= 0.6 is 11.3 Å². The molecular formula is C13H14N2OS. The fourth-order valence-electron chi connectivity index (χ4n) is 2.05. The van der Waals surface area contributed by atoms with Gasteiger partial charge in [-0.3, -0.25) is 0 Å². The van der Waals surface area contributed by atoms with Gasteiger partial charge in [-0.1, -0.05) is 18.2 Å². The summed E-state index contributed by atoms with van der Waals surface area (Å²) in [6.45, 7) is 0.816. The largest absolute Gasteiger partial charge is 0.483 e. The van der Waals surface area contributed by atoms with Gasteiger partial charge in [-0.15, -0.1) is 11.3 Å². The van der Waals surface area contributed by atoms with E-state index in [1.54, 1.807) is 11.3 Å². The Morgan fingerprint density at radius 1 is 1.47 bits per heavy atom. The Bertz CT molecular complexity index is 499. The normalized spacial score (nSPS) is 17.8. The number of thiazole rings is 1. The minimum absolute atomic E-state index is 0.100. The van der Waals surface area contributed by atoms with Gasteiger partial charge in [0.15, 0.2) is 6.10 Å². The topological polar surface area (TPSA) is 34.1 Å². The van der Waals surface area contributed by atoms with Gasteiger partial charge in [0.2, 0.25) is 0 Å². The monoisotopic (exact) mass is 246 g/mol. The van der Waals surface area contributed by atoms with E-state index in [4.69, 9.17) is 4.74 Å². The predicted molar refractivity (Wildman–Crippen MR) is 68.4 cm³/mol. The number of hydrogen-bond donors (Lipinski definition) is 1. The molecule has 0 aliphatic carbocycles. The summed E-state index contributed by atoms with van der Waals surface area (Å²) in [5.74, 6) is 1.00. The van der Waals surface area contributed by atoms with Gasteiger partial charge in [-0.2, -0.15) is 0 Å². The summed E-state index contributed by atoms with van der Waals surface area (Å²) in [7, 11) is 1.93. The molecule has 0 bridgehead atoms. The van der Waals surface area contributed by atoms with Crippen LogP contribution in [0.2, 0.25) is 0 Å². The first-order valence-electron chi connectivity index (χ1n) is 5.70. The van der Waals surface area contributed by atoms with Gasteiger partial charge in [0, 0.05) is 18.3 Å². The molecule has 1 aromatic carbocycles. The molecule has 3 nitrogen and oxygen atoms in total. The van der Waals surface area contributed by atoms with E-state index in [1.807, 2.05) is 19.2 Å². The molecule has 1 atom stereocenters. The lowest BCUT2D eigenvalue weighted by atomic mass is 10.1. The first-order chi connectivity index (χ1) is 8.36. The molecule has 1 unspecified atom stereocenters. The summed E-state index contributed by atoms with van der Waals surface area (Å²) in [6.07, 6.45) is 1.03. The highest BCUT2D eigenvalue weighted by Gasteiger charge is 2.26. The Morgan fingerprint density at radius 2 is 2.35 bits per heavy atom. The maximum absolute atomic E-state index is 5.91. The van der Waals surface area contributed by atoms with Gasteiger partial charge in [0.05, 0.1) is 5.69 Å². The molecule has 2 heterocycles. The van der Waals surface area contributed by atoms with Crippen LogP contribution in [0.15, 0.2) is 29.6 Å². The second-order valence-electron chi connectivity index (χ2n) is 4.13. The number of benzene rings is 1. The minimum Gasteiger partial charge on any atom is -0.483 e. The fourth-order valence-corrected chi connectivity index (χ4v) is 2.90. The van der Waals surface area contributed by atoms with E-state index in [0.717, 1.165) is 29.4 Å². The first kappa shape index (κ1) is 10.7. The molecule has 0 saturated carbocycles. The Kier molecular flexibility index (Phi) is 2.82. The van der Waals surface area contributed by atoms with E-state index in [2.05, 4.69) is 27.8 Å². The highest BCUT2D eigenvalue weighted by molar-refractivity contribution is 7.09. The van der Waals surface area contributed by atoms with Crippen molar-refractivity contribution in [3.8, 4) is 5.75 Å². The van der Waals surface area contributed by atoms with E-state index >= 15 is 0 Å². The highest BCUT2D eigenvalue weighted by Crippen LogP contribution is 2.37. The number of hydrogen-bond acceptors (Lipinski definition) is 4. The van der Waals surface area contributed by atoms with Gasteiger partial charge in [0.1, 0.15) is 10.8 Å². The van der Waals surface area contributed by atoms with Gasteiger partial charge in [0.25, 0.3) is 0 Å². The predicted octanol–water partition coefficient (Wildman–Crippen LogP) is 2.54. The van der Waals surface area contributed by atoms with Gasteiger partial charge >= 0.3 is 0 Å². The maximum atomic E-state index is 5.91. The molecule has 0 saturated heterocycles. The van der Waals surface area contributed by atoms with Gasteiger partial charge in [-0.05, 0) is 18.7 Å². The molecular weight excluding hydrogens is 232 g/mol. The summed E-state index contributed by atoms with van der Waals surface area (Å²) in [4.78, 5) is 4.60. The van der Waals surface area contributed by atoms with E-state index in [0.29, 0.717) is 0 Å².